The van der Waals surface area contributed by atoms with Crippen molar-refractivity contribution in [3.8, 4) is 0 Å². The van der Waals surface area contributed by atoms with Crippen molar-refractivity contribution < 1.29 is 9.53 Å². The van der Waals surface area contributed by atoms with Crippen LogP contribution < -0.4 is 0 Å². The second-order valence-electron chi connectivity index (χ2n) is 5.14. The van der Waals surface area contributed by atoms with Gasteiger partial charge in [-0.15, -0.1) is 0 Å². The van der Waals surface area contributed by atoms with Gasteiger partial charge in [-0.05, 0) is 11.8 Å². The van der Waals surface area contributed by atoms with E-state index in [2.05, 4.69) is 34.3 Å². The Morgan fingerprint density at radius 3 is 2.44 bits per heavy atom. The predicted octanol–water partition coefficient (Wildman–Crippen LogP) is 2.78. The molecule has 3 unspecified atom stereocenters. The molecule has 0 aromatic heterocycles. The van der Waals surface area contributed by atoms with Crippen LogP contribution in [0.2, 0.25) is 0 Å². The van der Waals surface area contributed by atoms with Gasteiger partial charge >= 0.3 is 0 Å². The highest BCUT2D eigenvalue weighted by atomic mass is 16.5. The van der Waals surface area contributed by atoms with Crippen LogP contribution in [0.4, 0.5) is 0 Å². The molecule has 16 heavy (non-hydrogen) atoms. The zero-order chi connectivity index (χ0) is 12.5. The van der Waals surface area contributed by atoms with Gasteiger partial charge in [0.2, 0.25) is 5.91 Å². The molecule has 0 aromatic rings. The van der Waals surface area contributed by atoms with Gasteiger partial charge in [0.25, 0.3) is 0 Å². The predicted molar refractivity (Wildman–Crippen MR) is 64.6 cm³/mol. The maximum absolute atomic E-state index is 11.5. The molecule has 3 heteroatoms. The number of carbonyl (C=O) groups is 1. The second kappa shape index (κ2) is 4.58. The van der Waals surface area contributed by atoms with Gasteiger partial charge < -0.3 is 4.74 Å². The van der Waals surface area contributed by atoms with Gasteiger partial charge in [-0.25, -0.2) is 0 Å². The summed E-state index contributed by atoms with van der Waals surface area (Å²) < 4.78 is 5.99. The van der Waals surface area contributed by atoms with E-state index in [1.54, 1.807) is 18.0 Å². The third kappa shape index (κ3) is 2.01. The SMILES string of the molecule is C=CN(C(C)=O)C1OC(CC)C(C)(C)C1C. The zero-order valence-electron chi connectivity index (χ0n) is 11.0. The highest BCUT2D eigenvalue weighted by Gasteiger charge is 2.49. The van der Waals surface area contributed by atoms with Gasteiger partial charge in [0.15, 0.2) is 0 Å². The highest BCUT2D eigenvalue weighted by Crippen LogP contribution is 2.45. The number of hydrogen-bond acceptors (Lipinski definition) is 2. The number of nitrogens with zero attached hydrogens (tertiary/aromatic N) is 1. The summed E-state index contributed by atoms with van der Waals surface area (Å²) in [6.07, 6.45) is 2.57. The first kappa shape index (κ1) is 13.2. The Bertz CT molecular complexity index is 286. The Labute approximate surface area is 98.5 Å². The number of rotatable bonds is 3. The third-order valence-electron chi connectivity index (χ3n) is 3.94. The summed E-state index contributed by atoms with van der Waals surface area (Å²) in [7, 11) is 0. The number of amides is 1. The average Bonchev–Trinajstić information content (AvgIpc) is 2.42. The lowest BCUT2D eigenvalue weighted by molar-refractivity contribution is -0.139. The first-order chi connectivity index (χ1) is 7.36. The normalized spacial score (nSPS) is 32.4. The quantitative estimate of drug-likeness (QED) is 0.739. The van der Waals surface area contributed by atoms with Crippen LogP contribution in [-0.4, -0.2) is 23.1 Å². The molecule has 3 nitrogen and oxygen atoms in total. The molecule has 1 aliphatic rings. The second-order valence-corrected chi connectivity index (χ2v) is 5.14. The minimum Gasteiger partial charge on any atom is -0.354 e. The molecule has 92 valence electrons. The minimum atomic E-state index is -0.171. The van der Waals surface area contributed by atoms with Crippen molar-refractivity contribution in [3.05, 3.63) is 12.8 Å². The largest absolute Gasteiger partial charge is 0.354 e. The summed E-state index contributed by atoms with van der Waals surface area (Å²) in [5.74, 6) is 0.291. The molecule has 0 spiro atoms. The van der Waals surface area contributed by atoms with E-state index in [4.69, 9.17) is 4.74 Å². The summed E-state index contributed by atoms with van der Waals surface area (Å²) in [5, 5.41) is 0. The number of hydrogen-bond donors (Lipinski definition) is 0. The maximum atomic E-state index is 11.5. The Balaban J connectivity index is 2.93. The summed E-state index contributed by atoms with van der Waals surface area (Å²) >= 11 is 0. The van der Waals surface area contributed by atoms with Crippen molar-refractivity contribution >= 4 is 5.91 Å². The van der Waals surface area contributed by atoms with Crippen molar-refractivity contribution in [2.75, 3.05) is 0 Å². The summed E-state index contributed by atoms with van der Waals surface area (Å²) in [6.45, 7) is 13.9. The Hall–Kier alpha value is -0.830. The van der Waals surface area contributed by atoms with Crippen LogP contribution in [0.3, 0.4) is 0 Å². The fourth-order valence-electron chi connectivity index (χ4n) is 2.46. The van der Waals surface area contributed by atoms with Crippen LogP contribution >= 0.6 is 0 Å². The maximum Gasteiger partial charge on any atom is 0.225 e. The third-order valence-corrected chi connectivity index (χ3v) is 3.94. The van der Waals surface area contributed by atoms with Gasteiger partial charge in [0.05, 0.1) is 6.10 Å². The molecule has 0 radical (unpaired) electrons. The van der Waals surface area contributed by atoms with Crippen molar-refractivity contribution in [2.45, 2.75) is 53.4 Å². The summed E-state index contributed by atoms with van der Waals surface area (Å²) in [5.41, 5.74) is 0.0934. The molecule has 1 rings (SSSR count). The average molecular weight is 225 g/mol. The minimum absolute atomic E-state index is 0.0144. The summed E-state index contributed by atoms with van der Waals surface area (Å²) in [4.78, 5) is 13.1. The van der Waals surface area contributed by atoms with Crippen molar-refractivity contribution in [1.29, 1.82) is 0 Å². The van der Waals surface area contributed by atoms with Gasteiger partial charge in [-0.1, -0.05) is 34.3 Å². The Morgan fingerprint density at radius 1 is 1.56 bits per heavy atom. The fraction of sp³-hybridized carbons (Fsp3) is 0.769. The molecule has 1 heterocycles. The van der Waals surface area contributed by atoms with Gasteiger partial charge in [-0.2, -0.15) is 0 Å². The van der Waals surface area contributed by atoms with Crippen LogP contribution in [0.25, 0.3) is 0 Å². The molecule has 1 aliphatic heterocycles. The molecule has 0 aliphatic carbocycles. The van der Waals surface area contributed by atoms with Crippen molar-refractivity contribution in [2.24, 2.45) is 11.3 Å². The number of carbonyl (C=O) groups excluding carboxylic acids is 1. The molecule has 0 bridgehead atoms. The molecule has 0 N–H and O–H groups in total. The lowest BCUT2D eigenvalue weighted by atomic mass is 9.76. The molecule has 1 amide bonds. The fourth-order valence-corrected chi connectivity index (χ4v) is 2.46. The highest BCUT2D eigenvalue weighted by molar-refractivity contribution is 5.74. The van der Waals surface area contributed by atoms with Crippen LogP contribution in [0.15, 0.2) is 12.8 Å². The molecular weight excluding hydrogens is 202 g/mol. The molecule has 0 aromatic carbocycles. The zero-order valence-corrected chi connectivity index (χ0v) is 11.0. The molecule has 0 saturated carbocycles. The molecule has 3 atom stereocenters. The van der Waals surface area contributed by atoms with Crippen LogP contribution in [0, 0.1) is 11.3 Å². The van der Waals surface area contributed by atoms with Crippen LogP contribution in [-0.2, 0) is 9.53 Å². The standard InChI is InChI=1S/C13H23NO2/c1-7-11-13(5,6)9(3)12(16-11)14(8-2)10(4)15/h8-9,11-12H,2,7H2,1,3-6H3. The van der Waals surface area contributed by atoms with E-state index in [0.717, 1.165) is 6.42 Å². The van der Waals surface area contributed by atoms with Crippen LogP contribution in [0.1, 0.15) is 41.0 Å². The Kier molecular flexibility index (Phi) is 3.79. The summed E-state index contributed by atoms with van der Waals surface area (Å²) in [6, 6.07) is 0. The van der Waals surface area contributed by atoms with E-state index in [9.17, 15) is 4.79 Å². The van der Waals surface area contributed by atoms with Gasteiger partial charge in [0, 0.05) is 19.0 Å². The van der Waals surface area contributed by atoms with Crippen molar-refractivity contribution in [1.82, 2.24) is 4.90 Å². The monoisotopic (exact) mass is 225 g/mol. The van der Waals surface area contributed by atoms with E-state index in [1.165, 1.54) is 0 Å². The van der Waals surface area contributed by atoms with E-state index in [1.807, 2.05) is 0 Å². The topological polar surface area (TPSA) is 29.5 Å². The number of ether oxygens (including phenoxy) is 1. The smallest absolute Gasteiger partial charge is 0.225 e. The first-order valence-electron chi connectivity index (χ1n) is 5.93. The van der Waals surface area contributed by atoms with E-state index in [0.29, 0.717) is 5.92 Å². The van der Waals surface area contributed by atoms with E-state index in [-0.39, 0.29) is 23.7 Å². The molecule has 1 fully saturated rings. The molecular formula is C13H23NO2. The van der Waals surface area contributed by atoms with Gasteiger partial charge in [0.1, 0.15) is 6.23 Å². The van der Waals surface area contributed by atoms with Crippen LogP contribution in [0.5, 0.6) is 0 Å². The van der Waals surface area contributed by atoms with Gasteiger partial charge in [-0.3, -0.25) is 9.69 Å². The van der Waals surface area contributed by atoms with E-state index >= 15 is 0 Å². The van der Waals surface area contributed by atoms with E-state index < -0.39 is 0 Å². The van der Waals surface area contributed by atoms with Crippen molar-refractivity contribution in [3.63, 3.8) is 0 Å². The Morgan fingerprint density at radius 2 is 2.12 bits per heavy atom. The first-order valence-corrected chi connectivity index (χ1v) is 5.93. The lowest BCUT2D eigenvalue weighted by Crippen LogP contribution is -2.39. The lowest BCUT2D eigenvalue weighted by Gasteiger charge is -2.30. The molecule has 1 saturated heterocycles.